The summed E-state index contributed by atoms with van der Waals surface area (Å²) in [5.74, 6) is -0.338. The Morgan fingerprint density at radius 3 is 2.92 bits per heavy atom. The molecule has 5 heteroatoms. The molecular weight excluding hydrogens is 180 g/mol. The smallest absolute Gasteiger partial charge is 0.330 e. The molecule has 0 spiro atoms. The van der Waals surface area contributed by atoms with Gasteiger partial charge in [-0.3, -0.25) is 4.68 Å². The predicted octanol–water partition coefficient (Wildman–Crippen LogP) is 1.27. The lowest BCUT2D eigenvalue weighted by atomic mass is 10.3. The predicted molar refractivity (Wildman–Crippen MR) is 44.0 cm³/mol. The first kappa shape index (κ1) is 9.06. The number of methoxy groups -OCH3 is 1. The summed E-state index contributed by atoms with van der Waals surface area (Å²) in [6.45, 7) is 1.69. The van der Waals surface area contributed by atoms with E-state index in [0.717, 1.165) is 0 Å². The molecule has 1 aromatic rings. The van der Waals surface area contributed by atoms with E-state index in [9.17, 15) is 4.79 Å². The highest BCUT2D eigenvalue weighted by atomic mass is 35.5. The lowest BCUT2D eigenvalue weighted by Gasteiger charge is -2.08. The number of hydrogen-bond acceptors (Lipinski definition) is 3. The Morgan fingerprint density at radius 1 is 1.83 bits per heavy atom. The molecule has 0 bridgehead atoms. The van der Waals surface area contributed by atoms with Crippen LogP contribution >= 0.6 is 11.6 Å². The van der Waals surface area contributed by atoms with Gasteiger partial charge in [0.2, 0.25) is 0 Å². The fraction of sp³-hybridized carbons (Fsp3) is 0.429. The second kappa shape index (κ2) is 3.58. The first-order valence-electron chi connectivity index (χ1n) is 3.42. The van der Waals surface area contributed by atoms with Gasteiger partial charge < -0.3 is 4.74 Å². The Labute approximate surface area is 75.1 Å². The number of ether oxygens (including phenoxy) is 1. The summed E-state index contributed by atoms with van der Waals surface area (Å²) >= 11 is 5.62. The molecule has 0 unspecified atom stereocenters. The van der Waals surface area contributed by atoms with E-state index in [4.69, 9.17) is 11.6 Å². The molecule has 12 heavy (non-hydrogen) atoms. The number of rotatable bonds is 2. The van der Waals surface area contributed by atoms with Gasteiger partial charge in [-0.25, -0.2) is 4.79 Å². The molecule has 0 aliphatic heterocycles. The van der Waals surface area contributed by atoms with Gasteiger partial charge >= 0.3 is 5.97 Å². The Balaban J connectivity index is 2.77. The normalized spacial score (nSPS) is 12.6. The Hall–Kier alpha value is -1.03. The molecule has 1 heterocycles. The standard InChI is InChI=1S/C7H9ClN2O2/c1-5(7(11)12-2)10-4-6(8)3-9-10/h3-5H,1-2H3/t5-/m1/s1. The van der Waals surface area contributed by atoms with Crippen molar-refractivity contribution in [2.24, 2.45) is 0 Å². The molecule has 0 fully saturated rings. The zero-order chi connectivity index (χ0) is 9.14. The Bertz CT molecular complexity index is 285. The third-order valence-corrected chi connectivity index (χ3v) is 1.70. The molecule has 0 N–H and O–H groups in total. The molecule has 0 radical (unpaired) electrons. The van der Waals surface area contributed by atoms with Crippen LogP contribution in [0.25, 0.3) is 0 Å². The van der Waals surface area contributed by atoms with Gasteiger partial charge in [0, 0.05) is 6.20 Å². The first-order valence-corrected chi connectivity index (χ1v) is 3.80. The second-order valence-corrected chi connectivity index (χ2v) is 2.77. The SMILES string of the molecule is COC(=O)[C@@H](C)n1cc(Cl)cn1. The molecule has 1 rings (SSSR count). The van der Waals surface area contributed by atoms with Crippen LogP contribution < -0.4 is 0 Å². The number of hydrogen-bond donors (Lipinski definition) is 0. The molecule has 66 valence electrons. The minimum atomic E-state index is -0.428. The average Bonchev–Trinajstić information content (AvgIpc) is 2.49. The second-order valence-electron chi connectivity index (χ2n) is 2.34. The molecule has 0 aromatic carbocycles. The van der Waals surface area contributed by atoms with E-state index in [1.165, 1.54) is 18.0 Å². The zero-order valence-corrected chi connectivity index (χ0v) is 7.58. The summed E-state index contributed by atoms with van der Waals surface area (Å²) in [6, 6.07) is -0.428. The maximum Gasteiger partial charge on any atom is 0.330 e. The highest BCUT2D eigenvalue weighted by Gasteiger charge is 2.15. The van der Waals surface area contributed by atoms with Gasteiger partial charge in [0.05, 0.1) is 18.3 Å². The van der Waals surface area contributed by atoms with E-state index in [0.29, 0.717) is 5.02 Å². The minimum absolute atomic E-state index is 0.338. The van der Waals surface area contributed by atoms with Gasteiger partial charge in [0.1, 0.15) is 6.04 Å². The van der Waals surface area contributed by atoms with E-state index < -0.39 is 6.04 Å². The number of nitrogens with zero attached hydrogens (tertiary/aromatic N) is 2. The lowest BCUT2D eigenvalue weighted by molar-refractivity contribution is -0.144. The molecule has 4 nitrogen and oxygen atoms in total. The largest absolute Gasteiger partial charge is 0.467 e. The topological polar surface area (TPSA) is 44.1 Å². The van der Waals surface area contributed by atoms with Crippen molar-refractivity contribution in [1.29, 1.82) is 0 Å². The average molecular weight is 189 g/mol. The van der Waals surface area contributed by atoms with E-state index >= 15 is 0 Å². The summed E-state index contributed by atoms with van der Waals surface area (Å²) in [5, 5.41) is 4.37. The van der Waals surface area contributed by atoms with Crippen molar-refractivity contribution >= 4 is 17.6 Å². The molecule has 0 aliphatic rings. The third-order valence-electron chi connectivity index (χ3n) is 1.51. The van der Waals surface area contributed by atoms with Gasteiger partial charge in [-0.05, 0) is 6.92 Å². The van der Waals surface area contributed by atoms with Gasteiger partial charge in [0.15, 0.2) is 0 Å². The molecular formula is C7H9ClN2O2. The number of esters is 1. The summed E-state index contributed by atoms with van der Waals surface area (Å²) in [7, 11) is 1.34. The zero-order valence-electron chi connectivity index (χ0n) is 6.82. The maximum absolute atomic E-state index is 11.0. The van der Waals surface area contributed by atoms with Crippen molar-refractivity contribution in [3.05, 3.63) is 17.4 Å². The quantitative estimate of drug-likeness (QED) is 0.657. The van der Waals surface area contributed by atoms with Crippen LogP contribution in [0.15, 0.2) is 12.4 Å². The number of carbonyl (C=O) groups excluding carboxylic acids is 1. The number of carbonyl (C=O) groups is 1. The lowest BCUT2D eigenvalue weighted by Crippen LogP contribution is -2.17. The van der Waals surface area contributed by atoms with Gasteiger partial charge in [-0.1, -0.05) is 11.6 Å². The van der Waals surface area contributed by atoms with Crippen LogP contribution in [0.1, 0.15) is 13.0 Å². The summed E-state index contributed by atoms with van der Waals surface area (Å²) in [4.78, 5) is 11.0. The van der Waals surface area contributed by atoms with Crippen molar-refractivity contribution < 1.29 is 9.53 Å². The molecule has 0 amide bonds. The van der Waals surface area contributed by atoms with E-state index in [1.807, 2.05) is 0 Å². The number of aromatic nitrogens is 2. The van der Waals surface area contributed by atoms with Crippen molar-refractivity contribution in [3.8, 4) is 0 Å². The van der Waals surface area contributed by atoms with E-state index in [1.54, 1.807) is 13.1 Å². The molecule has 1 aromatic heterocycles. The van der Waals surface area contributed by atoms with Crippen LogP contribution in [-0.4, -0.2) is 22.9 Å². The van der Waals surface area contributed by atoms with Gasteiger partial charge in [-0.15, -0.1) is 0 Å². The summed E-state index contributed by atoms with van der Waals surface area (Å²) < 4.78 is 5.99. The van der Waals surface area contributed by atoms with Crippen molar-refractivity contribution in [1.82, 2.24) is 9.78 Å². The van der Waals surface area contributed by atoms with Crippen LogP contribution in [0.2, 0.25) is 5.02 Å². The number of halogens is 1. The van der Waals surface area contributed by atoms with Crippen molar-refractivity contribution in [2.75, 3.05) is 7.11 Å². The van der Waals surface area contributed by atoms with Crippen molar-refractivity contribution in [3.63, 3.8) is 0 Å². The maximum atomic E-state index is 11.0. The fourth-order valence-electron chi connectivity index (χ4n) is 0.805. The van der Waals surface area contributed by atoms with E-state index in [-0.39, 0.29) is 5.97 Å². The van der Waals surface area contributed by atoms with E-state index in [2.05, 4.69) is 9.84 Å². The molecule has 1 atom stereocenters. The monoisotopic (exact) mass is 188 g/mol. The molecule has 0 saturated heterocycles. The highest BCUT2D eigenvalue weighted by Crippen LogP contribution is 2.11. The van der Waals surface area contributed by atoms with Crippen LogP contribution in [0.5, 0.6) is 0 Å². The summed E-state index contributed by atoms with van der Waals surface area (Å²) in [5.41, 5.74) is 0. The van der Waals surface area contributed by atoms with Crippen LogP contribution in [0, 0.1) is 0 Å². The molecule has 0 aliphatic carbocycles. The first-order chi connectivity index (χ1) is 5.65. The van der Waals surface area contributed by atoms with Crippen LogP contribution in [-0.2, 0) is 9.53 Å². The van der Waals surface area contributed by atoms with Gasteiger partial charge in [0.25, 0.3) is 0 Å². The molecule has 0 saturated carbocycles. The summed E-state index contributed by atoms with van der Waals surface area (Å²) in [6.07, 6.45) is 3.05. The Morgan fingerprint density at radius 2 is 2.50 bits per heavy atom. The highest BCUT2D eigenvalue weighted by molar-refractivity contribution is 6.30. The van der Waals surface area contributed by atoms with Gasteiger partial charge in [-0.2, -0.15) is 5.10 Å². The van der Waals surface area contributed by atoms with Crippen molar-refractivity contribution in [2.45, 2.75) is 13.0 Å². The minimum Gasteiger partial charge on any atom is -0.467 e. The van der Waals surface area contributed by atoms with Crippen LogP contribution in [0.4, 0.5) is 0 Å². The fourth-order valence-corrected chi connectivity index (χ4v) is 0.949. The third kappa shape index (κ3) is 1.76. The Kier molecular flexibility index (Phi) is 2.70. The van der Waals surface area contributed by atoms with Crippen LogP contribution in [0.3, 0.4) is 0 Å².